The Labute approximate surface area is 111 Å². The van der Waals surface area contributed by atoms with Gasteiger partial charge in [-0.1, -0.05) is 12.1 Å². The number of nitrogens with zero attached hydrogens (tertiary/aromatic N) is 1. The third kappa shape index (κ3) is 2.38. The number of aromatic nitrogens is 1. The van der Waals surface area contributed by atoms with Gasteiger partial charge in [0.05, 0.1) is 11.4 Å². The molecule has 0 unspecified atom stereocenters. The maximum absolute atomic E-state index is 5.97. The van der Waals surface area contributed by atoms with Gasteiger partial charge in [-0.2, -0.15) is 0 Å². The van der Waals surface area contributed by atoms with Crippen molar-refractivity contribution in [2.45, 2.75) is 13.5 Å². The summed E-state index contributed by atoms with van der Waals surface area (Å²) in [7, 11) is 0. The Bertz CT molecular complexity index is 718. The number of fused-ring (bicyclic) bond motifs is 1. The maximum atomic E-state index is 5.97. The molecule has 4 nitrogen and oxygen atoms in total. The van der Waals surface area contributed by atoms with Crippen molar-refractivity contribution in [1.29, 1.82) is 0 Å². The van der Waals surface area contributed by atoms with E-state index in [1.807, 2.05) is 43.3 Å². The lowest BCUT2D eigenvalue weighted by atomic mass is 10.1. The number of nitrogen functional groups attached to an aromatic ring is 1. The molecule has 0 aliphatic rings. The highest BCUT2D eigenvalue weighted by atomic mass is 16.3. The zero-order valence-electron chi connectivity index (χ0n) is 10.7. The summed E-state index contributed by atoms with van der Waals surface area (Å²) in [5.41, 5.74) is 11.6. The topological polar surface area (TPSA) is 64.1 Å². The molecule has 1 heterocycles. The Balaban J connectivity index is 1.77. The number of aryl methyl sites for hydroxylation is 1. The van der Waals surface area contributed by atoms with Gasteiger partial charge in [-0.15, -0.1) is 0 Å². The van der Waals surface area contributed by atoms with E-state index >= 15 is 0 Å². The minimum absolute atomic E-state index is 0.698. The van der Waals surface area contributed by atoms with E-state index in [4.69, 9.17) is 10.2 Å². The second-order valence-corrected chi connectivity index (χ2v) is 4.60. The van der Waals surface area contributed by atoms with E-state index in [0.717, 1.165) is 33.6 Å². The molecule has 3 rings (SSSR count). The Morgan fingerprint density at radius 2 is 2.11 bits per heavy atom. The summed E-state index contributed by atoms with van der Waals surface area (Å²) in [5.74, 6) is 0. The molecule has 0 saturated carbocycles. The summed E-state index contributed by atoms with van der Waals surface area (Å²) in [6.45, 7) is 2.72. The van der Waals surface area contributed by atoms with E-state index in [1.54, 1.807) is 0 Å². The molecule has 0 aliphatic carbocycles. The minimum Gasteiger partial charge on any atom is -0.443 e. The van der Waals surface area contributed by atoms with Crippen LogP contribution in [0.15, 0.2) is 47.2 Å². The zero-order chi connectivity index (χ0) is 13.2. The monoisotopic (exact) mass is 253 g/mol. The third-order valence-electron chi connectivity index (χ3n) is 3.09. The second-order valence-electron chi connectivity index (χ2n) is 4.60. The van der Waals surface area contributed by atoms with Crippen molar-refractivity contribution in [1.82, 2.24) is 4.98 Å². The summed E-state index contributed by atoms with van der Waals surface area (Å²) in [6.07, 6.45) is 1.46. The average Bonchev–Trinajstić information content (AvgIpc) is 2.85. The molecule has 19 heavy (non-hydrogen) atoms. The van der Waals surface area contributed by atoms with E-state index in [2.05, 4.69) is 10.3 Å². The van der Waals surface area contributed by atoms with E-state index < -0.39 is 0 Å². The zero-order valence-corrected chi connectivity index (χ0v) is 10.7. The summed E-state index contributed by atoms with van der Waals surface area (Å²) < 4.78 is 5.29. The van der Waals surface area contributed by atoms with Gasteiger partial charge in [0.25, 0.3) is 0 Å². The number of hydrogen-bond donors (Lipinski definition) is 2. The van der Waals surface area contributed by atoms with Crippen LogP contribution in [-0.2, 0) is 6.54 Å². The Hall–Kier alpha value is -2.49. The average molecular weight is 253 g/mol. The van der Waals surface area contributed by atoms with Gasteiger partial charge in [0.1, 0.15) is 5.52 Å². The van der Waals surface area contributed by atoms with Crippen molar-refractivity contribution in [3.63, 3.8) is 0 Å². The molecule has 3 aromatic rings. The van der Waals surface area contributed by atoms with Crippen LogP contribution in [-0.4, -0.2) is 4.98 Å². The highest BCUT2D eigenvalue weighted by molar-refractivity contribution is 5.73. The summed E-state index contributed by atoms with van der Waals surface area (Å²) in [4.78, 5) is 4.09. The van der Waals surface area contributed by atoms with Crippen LogP contribution in [0.4, 0.5) is 11.4 Å². The molecule has 0 radical (unpaired) electrons. The first-order valence-corrected chi connectivity index (χ1v) is 6.14. The van der Waals surface area contributed by atoms with Crippen molar-refractivity contribution >= 4 is 22.5 Å². The van der Waals surface area contributed by atoms with Gasteiger partial charge in [-0.05, 0) is 42.3 Å². The normalized spacial score (nSPS) is 10.8. The molecule has 1 aromatic heterocycles. The quantitative estimate of drug-likeness (QED) is 0.703. The fourth-order valence-corrected chi connectivity index (χ4v) is 2.05. The Morgan fingerprint density at radius 3 is 2.95 bits per heavy atom. The van der Waals surface area contributed by atoms with Crippen LogP contribution in [0.3, 0.4) is 0 Å². The van der Waals surface area contributed by atoms with Crippen molar-refractivity contribution in [2.24, 2.45) is 0 Å². The van der Waals surface area contributed by atoms with Gasteiger partial charge >= 0.3 is 0 Å². The summed E-state index contributed by atoms with van der Waals surface area (Å²) in [5, 5.41) is 3.33. The van der Waals surface area contributed by atoms with Gasteiger partial charge in [0, 0.05) is 6.54 Å². The van der Waals surface area contributed by atoms with Gasteiger partial charge in [0.15, 0.2) is 12.0 Å². The fraction of sp³-hybridized carbons (Fsp3) is 0.133. The first-order valence-electron chi connectivity index (χ1n) is 6.14. The number of rotatable bonds is 3. The van der Waals surface area contributed by atoms with Gasteiger partial charge in [-0.3, -0.25) is 0 Å². The lowest BCUT2D eigenvalue weighted by Gasteiger charge is -2.10. The third-order valence-corrected chi connectivity index (χ3v) is 3.09. The first-order chi connectivity index (χ1) is 9.22. The molecule has 0 fully saturated rings. The molecule has 0 atom stereocenters. The van der Waals surface area contributed by atoms with Crippen LogP contribution in [0.5, 0.6) is 0 Å². The van der Waals surface area contributed by atoms with Crippen LogP contribution in [0.25, 0.3) is 11.1 Å². The first kappa shape index (κ1) is 11.6. The fourth-order valence-electron chi connectivity index (χ4n) is 2.05. The lowest BCUT2D eigenvalue weighted by Crippen LogP contribution is -2.02. The molecule has 96 valence electrons. The smallest absolute Gasteiger partial charge is 0.181 e. The molecule has 0 bridgehead atoms. The number of anilines is 2. The molecule has 0 aliphatic heterocycles. The lowest BCUT2D eigenvalue weighted by molar-refractivity contribution is 0.602. The van der Waals surface area contributed by atoms with E-state index in [-0.39, 0.29) is 0 Å². The molecule has 3 N–H and O–H groups in total. The van der Waals surface area contributed by atoms with Crippen LogP contribution >= 0.6 is 0 Å². The van der Waals surface area contributed by atoms with Crippen LogP contribution in [0.2, 0.25) is 0 Å². The summed E-state index contributed by atoms with van der Waals surface area (Å²) in [6, 6.07) is 12.0. The number of benzene rings is 2. The molecular weight excluding hydrogens is 238 g/mol. The predicted octanol–water partition coefficient (Wildman–Crippen LogP) is 3.33. The predicted molar refractivity (Wildman–Crippen MR) is 76.9 cm³/mol. The molecule has 0 spiro atoms. The van der Waals surface area contributed by atoms with Crippen molar-refractivity contribution in [3.8, 4) is 0 Å². The van der Waals surface area contributed by atoms with Gasteiger partial charge < -0.3 is 15.5 Å². The molecule has 0 saturated heterocycles. The number of nitrogens with one attached hydrogen (secondary N) is 1. The number of nitrogens with two attached hydrogens (primary N) is 1. The molecule has 4 heteroatoms. The minimum atomic E-state index is 0.698. The molecule has 2 aromatic carbocycles. The standard InChI is InChI=1S/C15H15N3O/c1-10-2-4-13(12(16)6-10)17-8-11-3-5-14-15(7-11)19-9-18-14/h2-7,9,17H,8,16H2,1H3. The van der Waals surface area contributed by atoms with Crippen molar-refractivity contribution in [3.05, 3.63) is 53.9 Å². The Morgan fingerprint density at radius 1 is 1.21 bits per heavy atom. The molecule has 0 amide bonds. The molecular formula is C15H15N3O. The maximum Gasteiger partial charge on any atom is 0.181 e. The SMILES string of the molecule is Cc1ccc(NCc2ccc3ncoc3c2)c(N)c1. The van der Waals surface area contributed by atoms with Crippen LogP contribution in [0.1, 0.15) is 11.1 Å². The van der Waals surface area contributed by atoms with E-state index in [9.17, 15) is 0 Å². The van der Waals surface area contributed by atoms with Gasteiger partial charge in [-0.25, -0.2) is 4.98 Å². The van der Waals surface area contributed by atoms with E-state index in [0.29, 0.717) is 6.54 Å². The van der Waals surface area contributed by atoms with Crippen LogP contribution < -0.4 is 11.1 Å². The van der Waals surface area contributed by atoms with Crippen LogP contribution in [0, 0.1) is 6.92 Å². The summed E-state index contributed by atoms with van der Waals surface area (Å²) >= 11 is 0. The number of hydrogen-bond acceptors (Lipinski definition) is 4. The largest absolute Gasteiger partial charge is 0.443 e. The highest BCUT2D eigenvalue weighted by Crippen LogP contribution is 2.21. The van der Waals surface area contributed by atoms with E-state index in [1.165, 1.54) is 6.39 Å². The van der Waals surface area contributed by atoms with Crippen molar-refractivity contribution < 1.29 is 4.42 Å². The van der Waals surface area contributed by atoms with Gasteiger partial charge in [0.2, 0.25) is 0 Å². The van der Waals surface area contributed by atoms with Crippen molar-refractivity contribution in [2.75, 3.05) is 11.1 Å². The second kappa shape index (κ2) is 4.65. The highest BCUT2D eigenvalue weighted by Gasteiger charge is 2.02. The Kier molecular flexibility index (Phi) is 2.83. The number of oxazole rings is 1.